The van der Waals surface area contributed by atoms with Gasteiger partial charge in [-0.05, 0) is 40.0 Å². The van der Waals surface area contributed by atoms with Crippen LogP contribution in [-0.4, -0.2) is 14.9 Å². The van der Waals surface area contributed by atoms with Gasteiger partial charge in [0, 0.05) is 12.0 Å². The van der Waals surface area contributed by atoms with Gasteiger partial charge >= 0.3 is 0 Å². The van der Waals surface area contributed by atoms with Crippen LogP contribution in [0.25, 0.3) is 0 Å². The molecular formula is C16H20BrFN2O. The Balaban J connectivity index is 2.40. The lowest BCUT2D eigenvalue weighted by molar-refractivity contribution is 0.0902. The minimum absolute atomic E-state index is 0.277. The van der Waals surface area contributed by atoms with Gasteiger partial charge in [-0.15, -0.1) is 0 Å². The molecule has 0 bridgehead atoms. The van der Waals surface area contributed by atoms with E-state index in [1.165, 1.54) is 12.1 Å². The molecule has 0 spiro atoms. The van der Waals surface area contributed by atoms with Crippen LogP contribution in [0.2, 0.25) is 0 Å². The van der Waals surface area contributed by atoms with Crippen molar-refractivity contribution < 1.29 is 9.50 Å². The zero-order valence-corrected chi connectivity index (χ0v) is 14.1. The number of aliphatic hydroxyl groups excluding tert-OH is 1. The van der Waals surface area contributed by atoms with Crippen LogP contribution in [0.5, 0.6) is 0 Å². The van der Waals surface area contributed by atoms with Crippen LogP contribution in [0.15, 0.2) is 34.9 Å². The lowest BCUT2D eigenvalue weighted by Gasteiger charge is -2.32. The summed E-state index contributed by atoms with van der Waals surface area (Å²) >= 11 is 3.46. The van der Waals surface area contributed by atoms with Crippen molar-refractivity contribution in [3.63, 3.8) is 0 Å². The Hall–Kier alpha value is -1.20. The summed E-state index contributed by atoms with van der Waals surface area (Å²) in [6, 6.07) is 6.27. The lowest BCUT2D eigenvalue weighted by Crippen LogP contribution is -2.29. The minimum atomic E-state index is -0.744. The number of nitrogens with zero attached hydrogens (tertiary/aromatic N) is 2. The van der Waals surface area contributed by atoms with E-state index in [9.17, 15) is 9.50 Å². The maximum atomic E-state index is 13.1. The second-order valence-electron chi connectivity index (χ2n) is 5.73. The molecule has 0 aliphatic heterocycles. The van der Waals surface area contributed by atoms with Gasteiger partial charge in [0.1, 0.15) is 11.9 Å². The summed E-state index contributed by atoms with van der Waals surface area (Å²) in [7, 11) is 0. The summed E-state index contributed by atoms with van der Waals surface area (Å²) in [5.41, 5.74) is 1.08. The van der Waals surface area contributed by atoms with E-state index in [0.29, 0.717) is 0 Å². The molecule has 0 saturated heterocycles. The molecule has 0 amide bonds. The van der Waals surface area contributed by atoms with Crippen molar-refractivity contribution in [1.82, 2.24) is 9.78 Å². The first-order valence-corrected chi connectivity index (χ1v) is 7.82. The molecule has 2 aromatic rings. The molecule has 0 aliphatic rings. The van der Waals surface area contributed by atoms with Crippen LogP contribution in [-0.2, 0) is 12.0 Å². The van der Waals surface area contributed by atoms with Crippen LogP contribution in [0.1, 0.15) is 44.6 Å². The number of aromatic nitrogens is 2. The van der Waals surface area contributed by atoms with Gasteiger partial charge in [-0.3, -0.25) is 4.68 Å². The predicted octanol–water partition coefficient (Wildman–Crippen LogP) is 4.21. The van der Waals surface area contributed by atoms with E-state index in [-0.39, 0.29) is 5.82 Å². The Labute approximate surface area is 132 Å². The Kier molecular flexibility index (Phi) is 4.84. The first kappa shape index (κ1) is 16.2. The van der Waals surface area contributed by atoms with Gasteiger partial charge in [-0.25, -0.2) is 4.39 Å². The SMILES string of the molecule is CCCn1ncc(Br)c1C(O)C(C)(C)c1ccc(F)cc1. The van der Waals surface area contributed by atoms with Crippen molar-refractivity contribution in [2.75, 3.05) is 0 Å². The van der Waals surface area contributed by atoms with Crippen LogP contribution in [0.3, 0.4) is 0 Å². The van der Waals surface area contributed by atoms with Gasteiger partial charge in [0.15, 0.2) is 0 Å². The van der Waals surface area contributed by atoms with Gasteiger partial charge in [0.25, 0.3) is 0 Å². The van der Waals surface area contributed by atoms with E-state index in [1.807, 2.05) is 18.5 Å². The molecule has 1 atom stereocenters. The predicted molar refractivity (Wildman–Crippen MR) is 84.6 cm³/mol. The van der Waals surface area contributed by atoms with Crippen LogP contribution < -0.4 is 0 Å². The van der Waals surface area contributed by atoms with Gasteiger partial charge in [0.2, 0.25) is 0 Å². The highest BCUT2D eigenvalue weighted by molar-refractivity contribution is 9.10. The maximum absolute atomic E-state index is 13.1. The van der Waals surface area contributed by atoms with Gasteiger partial charge in [-0.2, -0.15) is 5.10 Å². The molecule has 1 unspecified atom stereocenters. The van der Waals surface area contributed by atoms with Crippen LogP contribution in [0, 0.1) is 5.82 Å². The Morgan fingerprint density at radius 1 is 1.33 bits per heavy atom. The molecule has 0 fully saturated rings. The summed E-state index contributed by atoms with van der Waals surface area (Å²) in [6.07, 6.45) is 1.89. The highest BCUT2D eigenvalue weighted by Gasteiger charge is 2.34. The van der Waals surface area contributed by atoms with Crippen molar-refractivity contribution in [3.8, 4) is 0 Å². The highest BCUT2D eigenvalue weighted by atomic mass is 79.9. The molecule has 2 rings (SSSR count). The summed E-state index contributed by atoms with van der Waals surface area (Å²) in [5, 5.41) is 15.2. The minimum Gasteiger partial charge on any atom is -0.386 e. The maximum Gasteiger partial charge on any atom is 0.123 e. The summed E-state index contributed by atoms with van der Waals surface area (Å²) in [5.74, 6) is -0.277. The normalized spacial score (nSPS) is 13.4. The first-order valence-electron chi connectivity index (χ1n) is 7.03. The third kappa shape index (κ3) is 3.19. The molecule has 1 heterocycles. The van der Waals surface area contributed by atoms with E-state index >= 15 is 0 Å². The molecular weight excluding hydrogens is 335 g/mol. The second-order valence-corrected chi connectivity index (χ2v) is 6.59. The summed E-state index contributed by atoms with van der Waals surface area (Å²) < 4.78 is 15.7. The van der Waals surface area contributed by atoms with Crippen molar-refractivity contribution in [2.45, 2.75) is 45.3 Å². The molecule has 0 radical (unpaired) electrons. The van der Waals surface area contributed by atoms with Gasteiger partial charge in [-0.1, -0.05) is 32.9 Å². The molecule has 1 aromatic heterocycles. The largest absolute Gasteiger partial charge is 0.386 e. The standard InChI is InChI=1S/C16H20BrFN2O/c1-4-9-20-14(13(17)10-19-20)15(21)16(2,3)11-5-7-12(18)8-6-11/h5-8,10,15,21H,4,9H2,1-3H3. The summed E-state index contributed by atoms with van der Waals surface area (Å²) in [4.78, 5) is 0. The number of halogens is 2. The molecule has 21 heavy (non-hydrogen) atoms. The molecule has 114 valence electrons. The number of aliphatic hydroxyl groups is 1. The topological polar surface area (TPSA) is 38.0 Å². The van der Waals surface area contributed by atoms with E-state index < -0.39 is 11.5 Å². The Bertz CT molecular complexity index is 607. The van der Waals surface area contributed by atoms with E-state index in [2.05, 4.69) is 28.0 Å². The zero-order valence-electron chi connectivity index (χ0n) is 12.5. The monoisotopic (exact) mass is 354 g/mol. The highest BCUT2D eigenvalue weighted by Crippen LogP contribution is 2.39. The van der Waals surface area contributed by atoms with Crippen molar-refractivity contribution in [2.24, 2.45) is 0 Å². The van der Waals surface area contributed by atoms with Crippen molar-refractivity contribution in [1.29, 1.82) is 0 Å². The number of rotatable bonds is 5. The van der Waals surface area contributed by atoms with Gasteiger partial charge in [0.05, 0.1) is 16.4 Å². The number of benzene rings is 1. The van der Waals surface area contributed by atoms with E-state index in [0.717, 1.165) is 28.7 Å². The van der Waals surface area contributed by atoms with Crippen molar-refractivity contribution >= 4 is 15.9 Å². The fourth-order valence-electron chi connectivity index (χ4n) is 2.41. The first-order chi connectivity index (χ1) is 9.87. The van der Waals surface area contributed by atoms with E-state index in [4.69, 9.17) is 0 Å². The van der Waals surface area contributed by atoms with Gasteiger partial charge < -0.3 is 5.11 Å². The molecule has 0 aliphatic carbocycles. The molecule has 1 N–H and O–H groups in total. The van der Waals surface area contributed by atoms with Crippen molar-refractivity contribution in [3.05, 3.63) is 52.0 Å². The number of hydrogen-bond donors (Lipinski definition) is 1. The zero-order chi connectivity index (χ0) is 15.6. The summed E-state index contributed by atoms with van der Waals surface area (Å²) in [6.45, 7) is 6.70. The average Bonchev–Trinajstić information content (AvgIpc) is 2.80. The third-order valence-electron chi connectivity index (χ3n) is 3.80. The fourth-order valence-corrected chi connectivity index (χ4v) is 2.93. The fraction of sp³-hybridized carbons (Fsp3) is 0.438. The molecule has 0 saturated carbocycles. The average molecular weight is 355 g/mol. The number of hydrogen-bond acceptors (Lipinski definition) is 2. The smallest absolute Gasteiger partial charge is 0.123 e. The molecule has 5 heteroatoms. The second kappa shape index (κ2) is 6.28. The van der Waals surface area contributed by atoms with Crippen LogP contribution in [0.4, 0.5) is 4.39 Å². The Morgan fingerprint density at radius 2 is 1.95 bits per heavy atom. The molecule has 3 nitrogen and oxygen atoms in total. The lowest BCUT2D eigenvalue weighted by atomic mass is 9.78. The third-order valence-corrected chi connectivity index (χ3v) is 4.41. The molecule has 1 aromatic carbocycles. The number of aryl methyl sites for hydroxylation is 1. The quantitative estimate of drug-likeness (QED) is 0.873. The van der Waals surface area contributed by atoms with Crippen LogP contribution >= 0.6 is 15.9 Å². The van der Waals surface area contributed by atoms with E-state index in [1.54, 1.807) is 18.3 Å². The Morgan fingerprint density at radius 3 is 2.52 bits per heavy atom.